The minimum absolute atomic E-state index is 0.0716. The molecule has 1 aromatic carbocycles. The summed E-state index contributed by atoms with van der Waals surface area (Å²) in [4.78, 5) is 1.53. The first-order valence-corrected chi connectivity index (χ1v) is 4.90. The fourth-order valence-electron chi connectivity index (χ4n) is 1.33. The first-order chi connectivity index (χ1) is 7.38. The largest absolute Gasteiger partial charge is 0.508 e. The van der Waals surface area contributed by atoms with Gasteiger partial charge >= 0.3 is 6.18 Å². The van der Waals surface area contributed by atoms with Gasteiger partial charge in [-0.2, -0.15) is 13.2 Å². The van der Waals surface area contributed by atoms with Crippen molar-refractivity contribution in [1.82, 2.24) is 4.90 Å². The number of aromatic hydroxyl groups is 1. The van der Waals surface area contributed by atoms with Gasteiger partial charge < -0.3 is 10.0 Å². The van der Waals surface area contributed by atoms with Crippen molar-refractivity contribution in [3.05, 3.63) is 29.8 Å². The van der Waals surface area contributed by atoms with Gasteiger partial charge in [-0.15, -0.1) is 0 Å². The van der Waals surface area contributed by atoms with E-state index in [1.54, 1.807) is 25.2 Å². The molecule has 0 aliphatic carbocycles. The molecule has 0 fully saturated rings. The highest BCUT2D eigenvalue weighted by atomic mass is 19.4. The second kappa shape index (κ2) is 5.21. The topological polar surface area (TPSA) is 23.5 Å². The molecule has 1 aromatic rings. The van der Waals surface area contributed by atoms with Crippen LogP contribution in [-0.4, -0.2) is 29.8 Å². The van der Waals surface area contributed by atoms with Gasteiger partial charge in [0, 0.05) is 18.7 Å². The van der Waals surface area contributed by atoms with Crippen LogP contribution < -0.4 is 0 Å². The average molecular weight is 233 g/mol. The maximum atomic E-state index is 12.0. The highest BCUT2D eigenvalue weighted by molar-refractivity contribution is 5.31. The zero-order chi connectivity index (χ0) is 12.2. The quantitative estimate of drug-likeness (QED) is 0.864. The molecular weight excluding hydrogens is 219 g/mol. The Morgan fingerprint density at radius 2 is 1.88 bits per heavy atom. The predicted molar refractivity (Wildman–Crippen MR) is 55.1 cm³/mol. The molecule has 0 atom stereocenters. The van der Waals surface area contributed by atoms with E-state index in [9.17, 15) is 18.3 Å². The molecule has 1 N–H and O–H groups in total. The molecule has 90 valence electrons. The van der Waals surface area contributed by atoms with Gasteiger partial charge in [0.25, 0.3) is 0 Å². The van der Waals surface area contributed by atoms with E-state index in [4.69, 9.17) is 0 Å². The van der Waals surface area contributed by atoms with Crippen LogP contribution in [0.1, 0.15) is 12.0 Å². The van der Waals surface area contributed by atoms with Gasteiger partial charge in [-0.25, -0.2) is 0 Å². The number of phenols is 1. The van der Waals surface area contributed by atoms with Gasteiger partial charge in [0.05, 0.1) is 6.42 Å². The Morgan fingerprint density at radius 1 is 1.25 bits per heavy atom. The van der Waals surface area contributed by atoms with Gasteiger partial charge in [0.2, 0.25) is 0 Å². The minimum atomic E-state index is -4.13. The molecule has 0 bridgehead atoms. The van der Waals surface area contributed by atoms with Crippen molar-refractivity contribution in [3.8, 4) is 5.75 Å². The van der Waals surface area contributed by atoms with E-state index in [-0.39, 0.29) is 12.3 Å². The summed E-state index contributed by atoms with van der Waals surface area (Å²) >= 11 is 0. The van der Waals surface area contributed by atoms with Crippen LogP contribution >= 0.6 is 0 Å². The molecule has 0 heterocycles. The Kier molecular flexibility index (Phi) is 4.18. The third-order valence-corrected chi connectivity index (χ3v) is 2.21. The Hall–Kier alpha value is -1.23. The maximum absolute atomic E-state index is 12.0. The minimum Gasteiger partial charge on any atom is -0.508 e. The van der Waals surface area contributed by atoms with Crippen molar-refractivity contribution in [2.45, 2.75) is 19.1 Å². The van der Waals surface area contributed by atoms with Crippen LogP contribution in [-0.2, 0) is 6.54 Å². The van der Waals surface area contributed by atoms with Crippen LogP contribution in [0.15, 0.2) is 24.3 Å². The molecule has 0 unspecified atom stereocenters. The van der Waals surface area contributed by atoms with Crippen LogP contribution in [0.4, 0.5) is 13.2 Å². The zero-order valence-electron chi connectivity index (χ0n) is 8.96. The van der Waals surface area contributed by atoms with E-state index < -0.39 is 12.6 Å². The lowest BCUT2D eigenvalue weighted by Crippen LogP contribution is -2.24. The highest BCUT2D eigenvalue weighted by Crippen LogP contribution is 2.21. The molecule has 1 rings (SSSR count). The number of halogens is 3. The predicted octanol–water partition coefficient (Wildman–Crippen LogP) is 2.78. The summed E-state index contributed by atoms with van der Waals surface area (Å²) in [6, 6.07) is 6.63. The van der Waals surface area contributed by atoms with Crippen molar-refractivity contribution < 1.29 is 18.3 Å². The van der Waals surface area contributed by atoms with Gasteiger partial charge in [0.15, 0.2) is 0 Å². The van der Waals surface area contributed by atoms with Crippen molar-refractivity contribution in [3.63, 3.8) is 0 Å². The van der Waals surface area contributed by atoms with E-state index >= 15 is 0 Å². The first kappa shape index (κ1) is 12.8. The van der Waals surface area contributed by atoms with E-state index in [2.05, 4.69) is 0 Å². The van der Waals surface area contributed by atoms with Crippen molar-refractivity contribution in [2.24, 2.45) is 0 Å². The summed E-state index contributed by atoms with van der Waals surface area (Å²) in [6.07, 6.45) is -4.97. The monoisotopic (exact) mass is 233 g/mol. The van der Waals surface area contributed by atoms with Crippen molar-refractivity contribution in [2.75, 3.05) is 13.6 Å². The van der Waals surface area contributed by atoms with Crippen molar-refractivity contribution in [1.29, 1.82) is 0 Å². The molecule has 0 saturated carbocycles. The molecular formula is C11H14F3NO. The van der Waals surface area contributed by atoms with Gasteiger partial charge in [-0.3, -0.25) is 0 Å². The lowest BCUT2D eigenvalue weighted by molar-refractivity contribution is -0.137. The third kappa shape index (κ3) is 4.53. The maximum Gasteiger partial charge on any atom is 0.390 e. The van der Waals surface area contributed by atoms with Crippen LogP contribution in [0.3, 0.4) is 0 Å². The fraction of sp³-hybridized carbons (Fsp3) is 0.455. The number of alkyl halides is 3. The molecule has 0 radical (unpaired) electrons. The SMILES string of the molecule is CN(CCC(F)(F)F)Cc1ccccc1O. The van der Waals surface area contributed by atoms with Crippen LogP contribution in [0.25, 0.3) is 0 Å². The Balaban J connectivity index is 2.46. The molecule has 0 aliphatic rings. The fourth-order valence-corrected chi connectivity index (χ4v) is 1.33. The molecule has 0 amide bonds. The number of rotatable bonds is 4. The van der Waals surface area contributed by atoms with Crippen LogP contribution in [0.5, 0.6) is 5.75 Å². The molecule has 5 heteroatoms. The van der Waals surface area contributed by atoms with E-state index in [0.717, 1.165) is 0 Å². The molecule has 0 spiro atoms. The number of para-hydroxylation sites is 1. The molecule has 16 heavy (non-hydrogen) atoms. The number of hydrogen-bond donors (Lipinski definition) is 1. The summed E-state index contributed by atoms with van der Waals surface area (Å²) in [5, 5.41) is 9.44. The molecule has 2 nitrogen and oxygen atoms in total. The smallest absolute Gasteiger partial charge is 0.390 e. The van der Waals surface area contributed by atoms with Crippen molar-refractivity contribution >= 4 is 0 Å². The zero-order valence-corrected chi connectivity index (χ0v) is 8.96. The highest BCUT2D eigenvalue weighted by Gasteiger charge is 2.27. The third-order valence-electron chi connectivity index (χ3n) is 2.21. The van der Waals surface area contributed by atoms with E-state index in [1.165, 1.54) is 11.0 Å². The molecule has 0 aliphatic heterocycles. The summed E-state index contributed by atoms with van der Waals surface area (Å²) in [7, 11) is 1.60. The van der Waals surface area contributed by atoms with E-state index in [0.29, 0.717) is 12.1 Å². The normalized spacial score (nSPS) is 12.1. The Morgan fingerprint density at radius 3 is 2.44 bits per heavy atom. The summed E-state index contributed by atoms with van der Waals surface area (Å²) < 4.78 is 35.9. The Labute approximate surface area is 92.3 Å². The summed E-state index contributed by atoms with van der Waals surface area (Å²) in [5.41, 5.74) is 0.632. The van der Waals surface area contributed by atoms with Crippen LogP contribution in [0, 0.1) is 0 Å². The molecule has 0 saturated heterocycles. The lowest BCUT2D eigenvalue weighted by atomic mass is 10.2. The average Bonchev–Trinajstić information content (AvgIpc) is 2.18. The van der Waals surface area contributed by atoms with Crippen LogP contribution in [0.2, 0.25) is 0 Å². The first-order valence-electron chi connectivity index (χ1n) is 4.90. The second-order valence-corrected chi connectivity index (χ2v) is 3.73. The van der Waals surface area contributed by atoms with Gasteiger partial charge in [-0.1, -0.05) is 18.2 Å². The number of hydrogen-bond acceptors (Lipinski definition) is 2. The second-order valence-electron chi connectivity index (χ2n) is 3.73. The summed E-state index contributed by atoms with van der Waals surface area (Å²) in [6.45, 7) is 0.237. The van der Waals surface area contributed by atoms with E-state index in [1.807, 2.05) is 0 Å². The number of phenolic OH excluding ortho intramolecular Hbond substituents is 1. The van der Waals surface area contributed by atoms with Gasteiger partial charge in [0.1, 0.15) is 5.75 Å². The molecule has 0 aromatic heterocycles. The van der Waals surface area contributed by atoms with Gasteiger partial charge in [-0.05, 0) is 13.1 Å². The Bertz CT molecular complexity index is 338. The summed E-state index contributed by atoms with van der Waals surface area (Å²) in [5.74, 6) is 0.112. The number of benzene rings is 1. The number of nitrogens with zero attached hydrogens (tertiary/aromatic N) is 1. The lowest BCUT2D eigenvalue weighted by Gasteiger charge is -2.18. The standard InChI is InChI=1S/C11H14F3NO/c1-15(7-6-11(12,13)14)8-9-4-2-3-5-10(9)16/h2-5,16H,6-8H2,1H3.